The van der Waals surface area contributed by atoms with Gasteiger partial charge in [0, 0.05) is 11.8 Å². The second kappa shape index (κ2) is 5.75. The molecule has 2 aromatic heterocycles. The van der Waals surface area contributed by atoms with E-state index in [1.165, 1.54) is 6.20 Å². The van der Waals surface area contributed by atoms with Crippen molar-refractivity contribution in [2.45, 2.75) is 13.5 Å². The molecular weight excluding hydrogens is 312 g/mol. The molecule has 0 aliphatic heterocycles. The Morgan fingerprint density at radius 3 is 2.84 bits per heavy atom. The van der Waals surface area contributed by atoms with Crippen molar-refractivity contribution in [2.75, 3.05) is 5.32 Å². The number of nitrogens with zero attached hydrogens (tertiary/aromatic N) is 3. The fourth-order valence-electron chi connectivity index (χ4n) is 1.55. The number of halogens is 1. The number of aromatic nitrogens is 2. The minimum atomic E-state index is -0.449. The second-order valence-electron chi connectivity index (χ2n) is 3.86. The molecule has 1 N–H and O–H groups in total. The fourth-order valence-corrected chi connectivity index (χ4v) is 2.00. The van der Waals surface area contributed by atoms with Crippen molar-refractivity contribution in [3.8, 4) is 0 Å². The molecule has 19 heavy (non-hydrogen) atoms. The third-order valence-electron chi connectivity index (χ3n) is 2.60. The highest BCUT2D eigenvalue weighted by atomic mass is 79.9. The van der Waals surface area contributed by atoms with Gasteiger partial charge in [-0.1, -0.05) is 6.07 Å². The van der Waals surface area contributed by atoms with Crippen LogP contribution in [0.25, 0.3) is 0 Å². The summed E-state index contributed by atoms with van der Waals surface area (Å²) in [5, 5.41) is 13.9. The maximum Gasteiger partial charge on any atom is 0.291 e. The molecule has 0 bridgehead atoms. The summed E-state index contributed by atoms with van der Waals surface area (Å²) in [6.07, 6.45) is 2.96. The molecule has 0 saturated carbocycles. The summed E-state index contributed by atoms with van der Waals surface area (Å²) in [6.45, 7) is 2.18. The molecule has 0 unspecified atom stereocenters. The van der Waals surface area contributed by atoms with E-state index in [2.05, 4.69) is 31.2 Å². The minimum absolute atomic E-state index is 0.00439. The van der Waals surface area contributed by atoms with Gasteiger partial charge in [-0.15, -0.1) is 0 Å². The first-order chi connectivity index (χ1) is 9.09. The van der Waals surface area contributed by atoms with E-state index in [1.54, 1.807) is 13.1 Å². The lowest BCUT2D eigenvalue weighted by atomic mass is 10.2. The number of nitro groups is 1. The summed E-state index contributed by atoms with van der Waals surface area (Å²) < 4.78 is 0.595. The van der Waals surface area contributed by atoms with E-state index in [-0.39, 0.29) is 5.69 Å². The first kappa shape index (κ1) is 13.4. The molecule has 0 saturated heterocycles. The van der Waals surface area contributed by atoms with Gasteiger partial charge in [0.15, 0.2) is 0 Å². The predicted molar refractivity (Wildman–Crippen MR) is 74.9 cm³/mol. The SMILES string of the molecule is Cc1c([N+](=O)[O-])cnc(NCc2ccccn2)c1Br. The highest BCUT2D eigenvalue weighted by molar-refractivity contribution is 9.10. The third kappa shape index (κ3) is 3.05. The zero-order valence-corrected chi connectivity index (χ0v) is 11.7. The van der Waals surface area contributed by atoms with Gasteiger partial charge < -0.3 is 5.32 Å². The number of rotatable bonds is 4. The summed E-state index contributed by atoms with van der Waals surface area (Å²) in [6, 6.07) is 5.63. The number of anilines is 1. The van der Waals surface area contributed by atoms with Crippen LogP contribution in [0.15, 0.2) is 35.1 Å². The summed E-state index contributed by atoms with van der Waals surface area (Å²) in [5.74, 6) is 0.564. The van der Waals surface area contributed by atoms with Crippen LogP contribution in [0.4, 0.5) is 11.5 Å². The summed E-state index contributed by atoms with van der Waals surface area (Å²) in [5.41, 5.74) is 1.41. The van der Waals surface area contributed by atoms with Gasteiger partial charge in [-0.2, -0.15) is 0 Å². The topological polar surface area (TPSA) is 81.0 Å². The van der Waals surface area contributed by atoms with Crippen molar-refractivity contribution in [1.29, 1.82) is 0 Å². The van der Waals surface area contributed by atoms with E-state index in [4.69, 9.17) is 0 Å². The monoisotopic (exact) mass is 322 g/mol. The van der Waals surface area contributed by atoms with E-state index in [0.29, 0.717) is 22.4 Å². The first-order valence-corrected chi connectivity index (χ1v) is 6.32. The molecular formula is C12H11BrN4O2. The van der Waals surface area contributed by atoms with Crippen LogP contribution in [0.3, 0.4) is 0 Å². The molecule has 0 aromatic carbocycles. The maximum atomic E-state index is 10.8. The highest BCUT2D eigenvalue weighted by Gasteiger charge is 2.16. The van der Waals surface area contributed by atoms with Gasteiger partial charge in [0.05, 0.1) is 21.6 Å². The Morgan fingerprint density at radius 1 is 1.42 bits per heavy atom. The zero-order valence-electron chi connectivity index (χ0n) is 10.1. The molecule has 98 valence electrons. The quantitative estimate of drug-likeness (QED) is 0.691. The van der Waals surface area contributed by atoms with Crippen molar-refractivity contribution < 1.29 is 4.92 Å². The Kier molecular flexibility index (Phi) is 4.06. The van der Waals surface area contributed by atoms with Gasteiger partial charge in [0.1, 0.15) is 12.0 Å². The average Bonchev–Trinajstić information content (AvgIpc) is 2.41. The van der Waals surface area contributed by atoms with Crippen molar-refractivity contribution in [1.82, 2.24) is 9.97 Å². The molecule has 0 fully saturated rings. The highest BCUT2D eigenvalue weighted by Crippen LogP contribution is 2.30. The lowest BCUT2D eigenvalue weighted by Gasteiger charge is -2.09. The maximum absolute atomic E-state index is 10.8. The van der Waals surface area contributed by atoms with Gasteiger partial charge in [0.25, 0.3) is 5.69 Å². The summed E-state index contributed by atoms with van der Waals surface area (Å²) in [7, 11) is 0. The van der Waals surface area contributed by atoms with Gasteiger partial charge in [-0.05, 0) is 35.0 Å². The summed E-state index contributed by atoms with van der Waals surface area (Å²) >= 11 is 3.32. The van der Waals surface area contributed by atoms with Crippen LogP contribution in [-0.4, -0.2) is 14.9 Å². The molecule has 7 heteroatoms. The number of nitrogens with one attached hydrogen (secondary N) is 1. The third-order valence-corrected chi connectivity index (χ3v) is 3.57. The van der Waals surface area contributed by atoms with Crippen LogP contribution < -0.4 is 5.32 Å². The van der Waals surface area contributed by atoms with Crippen molar-refractivity contribution in [3.05, 3.63) is 56.4 Å². The van der Waals surface area contributed by atoms with Crippen LogP contribution in [0.5, 0.6) is 0 Å². The molecule has 6 nitrogen and oxygen atoms in total. The lowest BCUT2D eigenvalue weighted by Crippen LogP contribution is -2.05. The smallest absolute Gasteiger partial charge is 0.291 e. The molecule has 0 radical (unpaired) electrons. The van der Waals surface area contributed by atoms with Crippen LogP contribution in [0.1, 0.15) is 11.3 Å². The molecule has 2 aromatic rings. The van der Waals surface area contributed by atoms with Crippen molar-refractivity contribution >= 4 is 27.4 Å². The Bertz CT molecular complexity index is 604. The van der Waals surface area contributed by atoms with E-state index in [9.17, 15) is 10.1 Å². The molecule has 0 aliphatic carbocycles. The fraction of sp³-hybridized carbons (Fsp3) is 0.167. The van der Waals surface area contributed by atoms with Gasteiger partial charge in [-0.25, -0.2) is 4.98 Å². The molecule has 0 aliphatic rings. The van der Waals surface area contributed by atoms with Gasteiger partial charge in [0.2, 0.25) is 0 Å². The Hall–Kier alpha value is -2.02. The van der Waals surface area contributed by atoms with Crippen LogP contribution in [0, 0.1) is 17.0 Å². The normalized spacial score (nSPS) is 10.2. The van der Waals surface area contributed by atoms with E-state index >= 15 is 0 Å². The Balaban J connectivity index is 2.18. The molecule has 2 rings (SSSR count). The van der Waals surface area contributed by atoms with Crippen LogP contribution in [0.2, 0.25) is 0 Å². The molecule has 2 heterocycles. The predicted octanol–water partition coefficient (Wildman–Crippen LogP) is 3.07. The van der Waals surface area contributed by atoms with Gasteiger partial charge >= 0.3 is 0 Å². The first-order valence-electron chi connectivity index (χ1n) is 5.53. The largest absolute Gasteiger partial charge is 0.363 e. The minimum Gasteiger partial charge on any atom is -0.363 e. The van der Waals surface area contributed by atoms with Crippen LogP contribution >= 0.6 is 15.9 Å². The van der Waals surface area contributed by atoms with Crippen LogP contribution in [-0.2, 0) is 6.54 Å². The molecule has 0 atom stereocenters. The standard InChI is InChI=1S/C12H11BrN4O2/c1-8-10(17(18)19)7-16-12(11(8)13)15-6-9-4-2-3-5-14-9/h2-5,7H,6H2,1H3,(H,15,16). The number of hydrogen-bond acceptors (Lipinski definition) is 5. The van der Waals surface area contributed by atoms with E-state index < -0.39 is 4.92 Å². The van der Waals surface area contributed by atoms with Crippen molar-refractivity contribution in [2.24, 2.45) is 0 Å². The number of pyridine rings is 2. The van der Waals surface area contributed by atoms with Crippen molar-refractivity contribution in [3.63, 3.8) is 0 Å². The van der Waals surface area contributed by atoms with E-state index in [0.717, 1.165) is 5.69 Å². The van der Waals surface area contributed by atoms with E-state index in [1.807, 2.05) is 18.2 Å². The molecule has 0 amide bonds. The number of hydrogen-bond donors (Lipinski definition) is 1. The van der Waals surface area contributed by atoms with Gasteiger partial charge in [-0.3, -0.25) is 15.1 Å². The zero-order chi connectivity index (χ0) is 13.8. The second-order valence-corrected chi connectivity index (χ2v) is 4.66. The average molecular weight is 323 g/mol. The summed E-state index contributed by atoms with van der Waals surface area (Å²) in [4.78, 5) is 18.6. The molecule has 0 spiro atoms. The Morgan fingerprint density at radius 2 is 2.21 bits per heavy atom. The lowest BCUT2D eigenvalue weighted by molar-refractivity contribution is -0.385. The Labute approximate surface area is 118 Å².